The van der Waals surface area contributed by atoms with Crippen molar-refractivity contribution >= 4 is 17.5 Å². The van der Waals surface area contributed by atoms with Gasteiger partial charge in [0.05, 0.1) is 23.8 Å². The summed E-state index contributed by atoms with van der Waals surface area (Å²) in [6.45, 7) is 0.153. The topological polar surface area (TPSA) is 102 Å². The standard InChI is InChI=1S/C22H17FN6O2/c23-16-8-6-15(7-9-16)12-26-21(30)19-20(25-11-10-24-19)22(31)28-17-13-27-29(14-17)18-4-2-1-3-5-18/h1-11,13-14H,12H2,(H,26,30)(H,28,31). The number of nitrogens with zero attached hydrogens (tertiary/aromatic N) is 4. The van der Waals surface area contributed by atoms with E-state index in [1.165, 1.54) is 30.7 Å². The van der Waals surface area contributed by atoms with Crippen LogP contribution in [0.4, 0.5) is 10.1 Å². The quantitative estimate of drug-likeness (QED) is 0.503. The number of benzene rings is 2. The number of anilines is 1. The molecule has 154 valence electrons. The predicted octanol–water partition coefficient (Wildman–Crippen LogP) is 2.98. The van der Waals surface area contributed by atoms with E-state index in [1.54, 1.807) is 23.0 Å². The summed E-state index contributed by atoms with van der Waals surface area (Å²) < 4.78 is 14.6. The van der Waals surface area contributed by atoms with E-state index in [0.29, 0.717) is 11.3 Å². The number of hydrogen-bond acceptors (Lipinski definition) is 5. The van der Waals surface area contributed by atoms with E-state index in [0.717, 1.165) is 5.69 Å². The molecule has 0 aliphatic heterocycles. The van der Waals surface area contributed by atoms with Crippen LogP contribution >= 0.6 is 0 Å². The maximum Gasteiger partial charge on any atom is 0.276 e. The lowest BCUT2D eigenvalue weighted by molar-refractivity contribution is 0.0931. The number of carbonyl (C=O) groups excluding carboxylic acids is 2. The van der Waals surface area contributed by atoms with Gasteiger partial charge in [-0.15, -0.1) is 0 Å². The molecule has 0 bridgehead atoms. The molecule has 2 heterocycles. The van der Waals surface area contributed by atoms with Crippen LogP contribution in [0.25, 0.3) is 5.69 Å². The highest BCUT2D eigenvalue weighted by Gasteiger charge is 2.20. The summed E-state index contributed by atoms with van der Waals surface area (Å²) in [6, 6.07) is 15.1. The van der Waals surface area contributed by atoms with Crippen molar-refractivity contribution in [3.8, 4) is 5.69 Å². The molecule has 0 aliphatic rings. The first-order valence-corrected chi connectivity index (χ1v) is 9.35. The molecule has 2 aromatic heterocycles. The van der Waals surface area contributed by atoms with E-state index < -0.39 is 11.8 Å². The van der Waals surface area contributed by atoms with E-state index in [1.807, 2.05) is 30.3 Å². The van der Waals surface area contributed by atoms with Gasteiger partial charge in [-0.2, -0.15) is 5.10 Å². The van der Waals surface area contributed by atoms with Gasteiger partial charge in [-0.3, -0.25) is 9.59 Å². The van der Waals surface area contributed by atoms with Crippen LogP contribution in [0.5, 0.6) is 0 Å². The van der Waals surface area contributed by atoms with E-state index in [2.05, 4.69) is 25.7 Å². The summed E-state index contributed by atoms with van der Waals surface area (Å²) in [4.78, 5) is 33.3. The van der Waals surface area contributed by atoms with Crippen LogP contribution in [0.1, 0.15) is 26.5 Å². The second-order valence-electron chi connectivity index (χ2n) is 6.53. The summed E-state index contributed by atoms with van der Waals surface area (Å²) in [7, 11) is 0. The Morgan fingerprint density at radius 1 is 0.903 bits per heavy atom. The first-order valence-electron chi connectivity index (χ1n) is 9.35. The van der Waals surface area contributed by atoms with E-state index in [-0.39, 0.29) is 23.7 Å². The van der Waals surface area contributed by atoms with Crippen molar-refractivity contribution in [2.45, 2.75) is 6.54 Å². The van der Waals surface area contributed by atoms with Crippen LogP contribution in [0.3, 0.4) is 0 Å². The first kappa shape index (κ1) is 19.9. The molecule has 0 saturated heterocycles. The SMILES string of the molecule is O=C(NCc1ccc(F)cc1)c1nccnc1C(=O)Nc1cnn(-c2ccccc2)c1. The summed E-state index contributed by atoms with van der Waals surface area (Å²) in [6.07, 6.45) is 5.81. The minimum atomic E-state index is -0.590. The van der Waals surface area contributed by atoms with Crippen molar-refractivity contribution in [2.24, 2.45) is 0 Å². The number of halogens is 1. The van der Waals surface area contributed by atoms with Gasteiger partial charge in [0, 0.05) is 18.9 Å². The molecule has 2 N–H and O–H groups in total. The Morgan fingerprint density at radius 2 is 1.58 bits per heavy atom. The maximum atomic E-state index is 13.0. The Hall–Kier alpha value is -4.40. The number of rotatable bonds is 6. The lowest BCUT2D eigenvalue weighted by Crippen LogP contribution is -2.28. The summed E-state index contributed by atoms with van der Waals surface area (Å²) in [5.74, 6) is -1.52. The Bertz CT molecular complexity index is 1210. The molecular weight excluding hydrogens is 399 g/mol. The molecule has 0 fully saturated rings. The summed E-state index contributed by atoms with van der Waals surface area (Å²) in [5.41, 5.74) is 1.75. The number of nitrogens with one attached hydrogen (secondary N) is 2. The molecule has 0 atom stereocenters. The zero-order valence-corrected chi connectivity index (χ0v) is 16.2. The second kappa shape index (κ2) is 8.95. The number of hydrogen-bond donors (Lipinski definition) is 2. The number of amides is 2. The fourth-order valence-corrected chi connectivity index (χ4v) is 2.84. The number of para-hydroxylation sites is 1. The fourth-order valence-electron chi connectivity index (χ4n) is 2.84. The third-order valence-corrected chi connectivity index (χ3v) is 4.36. The van der Waals surface area contributed by atoms with Gasteiger partial charge in [0.25, 0.3) is 11.8 Å². The van der Waals surface area contributed by atoms with Gasteiger partial charge < -0.3 is 10.6 Å². The van der Waals surface area contributed by atoms with Gasteiger partial charge in [-0.1, -0.05) is 30.3 Å². The van der Waals surface area contributed by atoms with Gasteiger partial charge in [-0.25, -0.2) is 19.0 Å². The van der Waals surface area contributed by atoms with Crippen LogP contribution in [-0.2, 0) is 6.54 Å². The normalized spacial score (nSPS) is 10.5. The third kappa shape index (κ3) is 4.78. The molecule has 0 saturated carbocycles. The van der Waals surface area contributed by atoms with Gasteiger partial charge in [0.15, 0.2) is 11.4 Å². The highest BCUT2D eigenvalue weighted by atomic mass is 19.1. The zero-order valence-electron chi connectivity index (χ0n) is 16.2. The number of carbonyl (C=O) groups is 2. The van der Waals surface area contributed by atoms with Crippen molar-refractivity contribution in [1.82, 2.24) is 25.1 Å². The van der Waals surface area contributed by atoms with Crippen LogP contribution in [0.15, 0.2) is 79.4 Å². The van der Waals surface area contributed by atoms with E-state index >= 15 is 0 Å². The average molecular weight is 416 g/mol. The zero-order chi connectivity index (χ0) is 21.6. The fraction of sp³-hybridized carbons (Fsp3) is 0.0455. The molecule has 4 aromatic rings. The predicted molar refractivity (Wildman–Crippen MR) is 111 cm³/mol. The minimum Gasteiger partial charge on any atom is -0.347 e. The Balaban J connectivity index is 1.46. The molecule has 31 heavy (non-hydrogen) atoms. The van der Waals surface area contributed by atoms with E-state index in [9.17, 15) is 14.0 Å². The number of aromatic nitrogens is 4. The minimum absolute atomic E-state index is 0.113. The van der Waals surface area contributed by atoms with Crippen molar-refractivity contribution in [3.63, 3.8) is 0 Å². The van der Waals surface area contributed by atoms with Crippen molar-refractivity contribution < 1.29 is 14.0 Å². The summed E-state index contributed by atoms with van der Waals surface area (Å²) in [5, 5.41) is 9.56. The van der Waals surface area contributed by atoms with Gasteiger partial charge in [0.1, 0.15) is 5.82 Å². The third-order valence-electron chi connectivity index (χ3n) is 4.36. The molecule has 2 amide bonds. The smallest absolute Gasteiger partial charge is 0.276 e. The van der Waals surface area contributed by atoms with Crippen LogP contribution in [0, 0.1) is 5.82 Å². The highest BCUT2D eigenvalue weighted by Crippen LogP contribution is 2.13. The van der Waals surface area contributed by atoms with Crippen LogP contribution in [0.2, 0.25) is 0 Å². The highest BCUT2D eigenvalue weighted by molar-refractivity contribution is 6.09. The molecule has 0 radical (unpaired) electrons. The van der Waals surface area contributed by atoms with Crippen molar-refractivity contribution in [1.29, 1.82) is 0 Å². The molecule has 2 aromatic carbocycles. The molecule has 0 unspecified atom stereocenters. The molecular formula is C22H17FN6O2. The lowest BCUT2D eigenvalue weighted by atomic mass is 10.2. The van der Waals surface area contributed by atoms with Crippen molar-refractivity contribution in [2.75, 3.05) is 5.32 Å². The van der Waals surface area contributed by atoms with Crippen molar-refractivity contribution in [3.05, 3.63) is 102 Å². The molecule has 0 spiro atoms. The van der Waals surface area contributed by atoms with Gasteiger partial charge >= 0.3 is 0 Å². The average Bonchev–Trinajstić information content (AvgIpc) is 3.27. The maximum absolute atomic E-state index is 13.0. The van der Waals surface area contributed by atoms with Gasteiger partial charge in [0.2, 0.25) is 0 Å². The Kier molecular flexibility index (Phi) is 5.75. The monoisotopic (exact) mass is 416 g/mol. The molecule has 0 aliphatic carbocycles. The Morgan fingerprint density at radius 3 is 2.29 bits per heavy atom. The first-order chi connectivity index (χ1) is 15.1. The van der Waals surface area contributed by atoms with Crippen LogP contribution in [-0.4, -0.2) is 31.6 Å². The van der Waals surface area contributed by atoms with Crippen LogP contribution < -0.4 is 10.6 Å². The largest absolute Gasteiger partial charge is 0.347 e. The molecule has 9 heteroatoms. The molecule has 4 rings (SSSR count). The Labute approximate surface area is 176 Å². The van der Waals surface area contributed by atoms with Gasteiger partial charge in [-0.05, 0) is 29.8 Å². The lowest BCUT2D eigenvalue weighted by Gasteiger charge is -2.08. The summed E-state index contributed by atoms with van der Waals surface area (Å²) >= 11 is 0. The van der Waals surface area contributed by atoms with E-state index in [4.69, 9.17) is 0 Å². The molecule has 8 nitrogen and oxygen atoms in total. The second-order valence-corrected chi connectivity index (χ2v) is 6.53.